The molecule has 0 aromatic heterocycles. The first-order valence-electron chi connectivity index (χ1n) is 4.21. The maximum Gasteiger partial charge on any atom is 0.322 e. The first-order valence-corrected chi connectivity index (χ1v) is 4.21. The molecule has 78 valence electrons. The predicted molar refractivity (Wildman–Crippen MR) is 47.2 cm³/mol. The Kier molecular flexibility index (Phi) is 6.48. The second kappa shape index (κ2) is 6.82. The van der Waals surface area contributed by atoms with Crippen molar-refractivity contribution >= 4 is 5.97 Å². The van der Waals surface area contributed by atoms with E-state index in [4.69, 9.17) is 10.2 Å². The van der Waals surface area contributed by atoms with Crippen LogP contribution in [0.1, 0.15) is 6.92 Å². The van der Waals surface area contributed by atoms with Crippen LogP contribution in [-0.2, 0) is 9.53 Å². The lowest BCUT2D eigenvalue weighted by Crippen LogP contribution is -2.42. The van der Waals surface area contributed by atoms with Gasteiger partial charge in [-0.2, -0.15) is 0 Å². The molecule has 0 saturated carbocycles. The van der Waals surface area contributed by atoms with E-state index in [1.807, 2.05) is 0 Å². The lowest BCUT2D eigenvalue weighted by atomic mass is 10.3. The number of rotatable bonds is 6. The molecule has 2 N–H and O–H groups in total. The molecular formula is C8H17NO4. The number of carbonyl (C=O) groups excluding carboxylic acids is 1. The standard InChI is InChI=1S/C8H17NO4/c1-7(8(12)13-2)9(3-5-10)4-6-11/h7,10-11H,3-6H2,1-2H3/t7-/m0/s1. The zero-order chi connectivity index (χ0) is 10.3. The van der Waals surface area contributed by atoms with Crippen LogP contribution >= 0.6 is 0 Å². The fourth-order valence-corrected chi connectivity index (χ4v) is 1.08. The van der Waals surface area contributed by atoms with Gasteiger partial charge in [-0.05, 0) is 6.92 Å². The highest BCUT2D eigenvalue weighted by atomic mass is 16.5. The molecule has 0 fully saturated rings. The second-order valence-corrected chi connectivity index (χ2v) is 2.68. The lowest BCUT2D eigenvalue weighted by Gasteiger charge is -2.25. The Labute approximate surface area is 77.9 Å². The number of hydrogen-bond donors (Lipinski definition) is 2. The molecule has 0 radical (unpaired) electrons. The Hall–Kier alpha value is -0.650. The van der Waals surface area contributed by atoms with E-state index >= 15 is 0 Å². The van der Waals surface area contributed by atoms with Gasteiger partial charge in [-0.3, -0.25) is 9.69 Å². The van der Waals surface area contributed by atoms with Gasteiger partial charge in [0.05, 0.1) is 20.3 Å². The third kappa shape index (κ3) is 4.21. The smallest absolute Gasteiger partial charge is 0.322 e. The van der Waals surface area contributed by atoms with Crippen LogP contribution in [0.2, 0.25) is 0 Å². The van der Waals surface area contributed by atoms with Crippen LogP contribution in [0.4, 0.5) is 0 Å². The summed E-state index contributed by atoms with van der Waals surface area (Å²) < 4.78 is 4.54. The van der Waals surface area contributed by atoms with Crippen molar-refractivity contribution in [2.75, 3.05) is 33.4 Å². The Morgan fingerprint density at radius 3 is 2.15 bits per heavy atom. The summed E-state index contributed by atoms with van der Waals surface area (Å²) in [6, 6.07) is -0.427. The van der Waals surface area contributed by atoms with Crippen molar-refractivity contribution in [1.82, 2.24) is 4.90 Å². The number of aliphatic hydroxyl groups is 2. The number of aliphatic hydroxyl groups excluding tert-OH is 2. The van der Waals surface area contributed by atoms with Crippen molar-refractivity contribution in [3.8, 4) is 0 Å². The van der Waals surface area contributed by atoms with Crippen LogP contribution in [-0.4, -0.2) is 60.5 Å². The number of hydrogen-bond acceptors (Lipinski definition) is 5. The summed E-state index contributed by atoms with van der Waals surface area (Å²) in [5.74, 6) is -0.359. The molecule has 5 heteroatoms. The van der Waals surface area contributed by atoms with E-state index in [1.165, 1.54) is 7.11 Å². The molecule has 0 aliphatic rings. The van der Waals surface area contributed by atoms with Gasteiger partial charge in [0.25, 0.3) is 0 Å². The number of carbonyl (C=O) groups is 1. The highest BCUT2D eigenvalue weighted by Gasteiger charge is 2.20. The molecule has 0 aromatic carbocycles. The molecule has 1 atom stereocenters. The summed E-state index contributed by atoms with van der Waals surface area (Å²) in [6.45, 7) is 2.31. The zero-order valence-corrected chi connectivity index (χ0v) is 8.06. The summed E-state index contributed by atoms with van der Waals surface area (Å²) >= 11 is 0. The maximum atomic E-state index is 11.1. The van der Waals surface area contributed by atoms with Crippen molar-refractivity contribution < 1.29 is 19.7 Å². The van der Waals surface area contributed by atoms with E-state index in [1.54, 1.807) is 11.8 Å². The fraction of sp³-hybridized carbons (Fsp3) is 0.875. The minimum absolute atomic E-state index is 0.0403. The highest BCUT2D eigenvalue weighted by Crippen LogP contribution is 1.99. The van der Waals surface area contributed by atoms with Gasteiger partial charge in [-0.25, -0.2) is 0 Å². The lowest BCUT2D eigenvalue weighted by molar-refractivity contribution is -0.146. The summed E-state index contributed by atoms with van der Waals surface area (Å²) in [5, 5.41) is 17.4. The van der Waals surface area contributed by atoms with Gasteiger partial charge in [-0.15, -0.1) is 0 Å². The van der Waals surface area contributed by atoms with Gasteiger partial charge in [0.15, 0.2) is 0 Å². The summed E-state index contributed by atoms with van der Waals surface area (Å²) in [5.41, 5.74) is 0. The molecule has 0 rings (SSSR count). The number of nitrogens with zero attached hydrogens (tertiary/aromatic N) is 1. The number of methoxy groups -OCH3 is 1. The van der Waals surface area contributed by atoms with Gasteiger partial charge in [0, 0.05) is 13.1 Å². The molecule has 0 bridgehead atoms. The van der Waals surface area contributed by atoms with Gasteiger partial charge < -0.3 is 14.9 Å². The molecule has 0 amide bonds. The number of esters is 1. The minimum atomic E-state index is -0.427. The molecule has 13 heavy (non-hydrogen) atoms. The third-order valence-electron chi connectivity index (χ3n) is 1.86. The van der Waals surface area contributed by atoms with Crippen molar-refractivity contribution in [1.29, 1.82) is 0 Å². The second-order valence-electron chi connectivity index (χ2n) is 2.68. The van der Waals surface area contributed by atoms with E-state index in [0.29, 0.717) is 13.1 Å². The Morgan fingerprint density at radius 1 is 1.38 bits per heavy atom. The van der Waals surface area contributed by atoms with Gasteiger partial charge in [0.2, 0.25) is 0 Å². The molecule has 0 aliphatic heterocycles. The molecule has 0 heterocycles. The molecule has 0 aliphatic carbocycles. The Bertz CT molecular complexity index is 145. The van der Waals surface area contributed by atoms with E-state index in [0.717, 1.165) is 0 Å². The summed E-state index contributed by atoms with van der Waals surface area (Å²) in [6.07, 6.45) is 0. The normalized spacial score (nSPS) is 13.0. The largest absolute Gasteiger partial charge is 0.468 e. The molecule has 0 spiro atoms. The monoisotopic (exact) mass is 191 g/mol. The van der Waals surface area contributed by atoms with Gasteiger partial charge in [-0.1, -0.05) is 0 Å². The van der Waals surface area contributed by atoms with Crippen molar-refractivity contribution in [3.63, 3.8) is 0 Å². The van der Waals surface area contributed by atoms with Crippen LogP contribution in [0.25, 0.3) is 0 Å². The van der Waals surface area contributed by atoms with Crippen LogP contribution < -0.4 is 0 Å². The Balaban J connectivity index is 4.08. The molecule has 0 unspecified atom stereocenters. The average Bonchev–Trinajstić information content (AvgIpc) is 2.15. The first-order chi connectivity index (χ1) is 6.17. The van der Waals surface area contributed by atoms with E-state index in [2.05, 4.69) is 4.74 Å². The van der Waals surface area contributed by atoms with E-state index in [9.17, 15) is 4.79 Å². The van der Waals surface area contributed by atoms with Gasteiger partial charge in [0.1, 0.15) is 6.04 Å². The fourth-order valence-electron chi connectivity index (χ4n) is 1.08. The molecule has 5 nitrogen and oxygen atoms in total. The quantitative estimate of drug-likeness (QED) is 0.518. The van der Waals surface area contributed by atoms with Gasteiger partial charge >= 0.3 is 5.97 Å². The predicted octanol–water partition coefficient (Wildman–Crippen LogP) is -1.17. The van der Waals surface area contributed by atoms with E-state index in [-0.39, 0.29) is 19.2 Å². The Morgan fingerprint density at radius 2 is 1.85 bits per heavy atom. The van der Waals surface area contributed by atoms with Crippen molar-refractivity contribution in [3.05, 3.63) is 0 Å². The molecular weight excluding hydrogens is 174 g/mol. The maximum absolute atomic E-state index is 11.1. The van der Waals surface area contributed by atoms with Crippen molar-refractivity contribution in [2.45, 2.75) is 13.0 Å². The topological polar surface area (TPSA) is 70.0 Å². The van der Waals surface area contributed by atoms with Crippen LogP contribution in [0, 0.1) is 0 Å². The molecule has 0 aromatic rings. The summed E-state index contributed by atoms with van der Waals surface area (Å²) in [4.78, 5) is 12.7. The SMILES string of the molecule is COC(=O)[C@H](C)N(CCO)CCO. The third-order valence-corrected chi connectivity index (χ3v) is 1.86. The minimum Gasteiger partial charge on any atom is -0.468 e. The van der Waals surface area contributed by atoms with E-state index < -0.39 is 6.04 Å². The van der Waals surface area contributed by atoms with Crippen LogP contribution in [0.5, 0.6) is 0 Å². The van der Waals surface area contributed by atoms with Crippen LogP contribution in [0.15, 0.2) is 0 Å². The summed E-state index contributed by atoms with van der Waals surface area (Å²) in [7, 11) is 1.31. The number of ether oxygens (including phenoxy) is 1. The highest BCUT2D eigenvalue weighted by molar-refractivity contribution is 5.75. The average molecular weight is 191 g/mol. The van der Waals surface area contributed by atoms with Crippen molar-refractivity contribution in [2.24, 2.45) is 0 Å². The first kappa shape index (κ1) is 12.3. The zero-order valence-electron chi connectivity index (χ0n) is 8.06. The van der Waals surface area contributed by atoms with Crippen LogP contribution in [0.3, 0.4) is 0 Å². The molecule has 0 saturated heterocycles.